The lowest BCUT2D eigenvalue weighted by Crippen LogP contribution is -2.28. The summed E-state index contributed by atoms with van der Waals surface area (Å²) >= 11 is 0. The van der Waals surface area contributed by atoms with Crippen molar-refractivity contribution in [3.05, 3.63) is 65.2 Å². The molecule has 1 atom stereocenters. The van der Waals surface area contributed by atoms with E-state index in [9.17, 15) is 4.79 Å². The molecule has 0 heterocycles. The second kappa shape index (κ2) is 7.61. The zero-order chi connectivity index (χ0) is 15.9. The Morgan fingerprint density at radius 3 is 2.50 bits per heavy atom. The fraction of sp³-hybridized carbons (Fsp3) is 0.278. The predicted octanol–water partition coefficient (Wildman–Crippen LogP) is 3.25. The maximum absolute atomic E-state index is 10.8. The van der Waals surface area contributed by atoms with Crippen molar-refractivity contribution >= 4 is 5.97 Å². The predicted molar refractivity (Wildman–Crippen MR) is 86.4 cm³/mol. The van der Waals surface area contributed by atoms with Gasteiger partial charge in [0, 0.05) is 13.1 Å². The van der Waals surface area contributed by atoms with Crippen LogP contribution < -0.4 is 10.1 Å². The molecule has 0 amide bonds. The van der Waals surface area contributed by atoms with E-state index in [-0.39, 0.29) is 6.10 Å². The molecule has 2 aromatic carbocycles. The minimum atomic E-state index is -0.903. The normalized spacial score (nSPS) is 11.9. The first-order chi connectivity index (χ1) is 10.6. The van der Waals surface area contributed by atoms with Crippen molar-refractivity contribution in [3.63, 3.8) is 0 Å². The molecule has 4 nitrogen and oxygen atoms in total. The molecule has 0 aliphatic rings. The first-order valence-electron chi connectivity index (χ1n) is 7.31. The zero-order valence-corrected chi connectivity index (χ0v) is 12.9. The summed E-state index contributed by atoms with van der Waals surface area (Å²) < 4.78 is 5.89. The van der Waals surface area contributed by atoms with Gasteiger partial charge in [-0.1, -0.05) is 30.3 Å². The lowest BCUT2D eigenvalue weighted by molar-refractivity contribution is 0.0697. The van der Waals surface area contributed by atoms with Crippen molar-refractivity contribution in [1.82, 2.24) is 5.32 Å². The molecule has 1 unspecified atom stereocenters. The third-order valence-corrected chi connectivity index (χ3v) is 3.38. The van der Waals surface area contributed by atoms with Gasteiger partial charge >= 0.3 is 5.97 Å². The number of para-hydroxylation sites is 1. The van der Waals surface area contributed by atoms with Crippen LogP contribution in [0.5, 0.6) is 5.75 Å². The van der Waals surface area contributed by atoms with Gasteiger partial charge in [-0.05, 0) is 43.2 Å². The average molecular weight is 299 g/mol. The average Bonchev–Trinajstić information content (AvgIpc) is 2.50. The van der Waals surface area contributed by atoms with E-state index in [4.69, 9.17) is 9.84 Å². The lowest BCUT2D eigenvalue weighted by atomic mass is 10.1. The zero-order valence-electron chi connectivity index (χ0n) is 12.9. The van der Waals surface area contributed by atoms with Gasteiger partial charge in [-0.25, -0.2) is 4.79 Å². The number of aromatic carboxylic acids is 1. The molecule has 0 aromatic heterocycles. The largest absolute Gasteiger partial charge is 0.489 e. The summed E-state index contributed by atoms with van der Waals surface area (Å²) in [5.74, 6) is 0.00220. The van der Waals surface area contributed by atoms with Gasteiger partial charge < -0.3 is 15.2 Å². The molecule has 0 spiro atoms. The van der Waals surface area contributed by atoms with Crippen LogP contribution >= 0.6 is 0 Å². The van der Waals surface area contributed by atoms with Crippen molar-refractivity contribution in [2.75, 3.05) is 6.54 Å². The number of benzene rings is 2. The van der Waals surface area contributed by atoms with Crippen LogP contribution in [0.2, 0.25) is 0 Å². The number of hydrogen-bond donors (Lipinski definition) is 2. The van der Waals surface area contributed by atoms with Gasteiger partial charge in [0.15, 0.2) is 0 Å². The summed E-state index contributed by atoms with van der Waals surface area (Å²) in [6.07, 6.45) is 0.0550. The smallest absolute Gasteiger partial charge is 0.335 e. The molecule has 0 aliphatic carbocycles. The molecule has 0 aliphatic heterocycles. The van der Waals surface area contributed by atoms with Crippen LogP contribution in [0, 0.1) is 6.92 Å². The summed E-state index contributed by atoms with van der Waals surface area (Å²) in [5, 5.41) is 12.2. The van der Waals surface area contributed by atoms with Crippen LogP contribution in [-0.2, 0) is 6.54 Å². The summed E-state index contributed by atoms with van der Waals surface area (Å²) in [7, 11) is 0. The molecule has 4 heteroatoms. The molecule has 0 saturated heterocycles. The van der Waals surface area contributed by atoms with Gasteiger partial charge in [-0.15, -0.1) is 0 Å². The Hall–Kier alpha value is -2.33. The highest BCUT2D eigenvalue weighted by Gasteiger charge is 2.06. The fourth-order valence-electron chi connectivity index (χ4n) is 2.13. The molecule has 2 N–H and O–H groups in total. The summed E-state index contributed by atoms with van der Waals surface area (Å²) in [5.41, 5.74) is 2.48. The van der Waals surface area contributed by atoms with E-state index in [0.29, 0.717) is 12.1 Å². The number of hydrogen-bond acceptors (Lipinski definition) is 3. The van der Waals surface area contributed by atoms with Crippen LogP contribution in [0.25, 0.3) is 0 Å². The third kappa shape index (κ3) is 4.60. The topological polar surface area (TPSA) is 58.6 Å². The maximum Gasteiger partial charge on any atom is 0.335 e. The van der Waals surface area contributed by atoms with Gasteiger partial charge in [0.1, 0.15) is 11.9 Å². The van der Waals surface area contributed by atoms with Crippen LogP contribution in [0.15, 0.2) is 48.5 Å². The van der Waals surface area contributed by atoms with E-state index in [1.807, 2.05) is 50.2 Å². The molecular weight excluding hydrogens is 278 g/mol. The van der Waals surface area contributed by atoms with E-state index < -0.39 is 5.97 Å². The summed E-state index contributed by atoms with van der Waals surface area (Å²) in [6.45, 7) is 5.45. The van der Waals surface area contributed by atoms with E-state index in [0.717, 1.165) is 23.4 Å². The first kappa shape index (κ1) is 16.0. The molecule has 116 valence electrons. The lowest BCUT2D eigenvalue weighted by Gasteiger charge is -2.17. The van der Waals surface area contributed by atoms with Gasteiger partial charge in [-0.2, -0.15) is 0 Å². The Kier molecular flexibility index (Phi) is 5.55. The number of rotatable bonds is 7. The number of aryl methyl sites for hydroxylation is 1. The minimum Gasteiger partial charge on any atom is -0.489 e. The molecule has 2 rings (SSSR count). The summed E-state index contributed by atoms with van der Waals surface area (Å²) in [6, 6.07) is 14.8. The number of nitrogens with one attached hydrogen (secondary N) is 1. The van der Waals surface area contributed by atoms with Gasteiger partial charge in [0.25, 0.3) is 0 Å². The minimum absolute atomic E-state index is 0.0550. The van der Waals surface area contributed by atoms with Gasteiger partial charge in [-0.3, -0.25) is 0 Å². The SMILES string of the molecule is Cc1ccccc1OC(C)CNCc1ccc(C(=O)O)cc1. The van der Waals surface area contributed by atoms with Gasteiger partial charge in [0.2, 0.25) is 0 Å². The quantitative estimate of drug-likeness (QED) is 0.824. The molecule has 0 bridgehead atoms. The Morgan fingerprint density at radius 1 is 1.18 bits per heavy atom. The van der Waals surface area contributed by atoms with E-state index in [1.54, 1.807) is 12.1 Å². The van der Waals surface area contributed by atoms with Crippen LogP contribution in [0.1, 0.15) is 28.4 Å². The summed E-state index contributed by atoms with van der Waals surface area (Å²) in [4.78, 5) is 10.8. The number of carboxylic acid groups (broad SMARTS) is 1. The van der Waals surface area contributed by atoms with E-state index in [1.165, 1.54) is 0 Å². The van der Waals surface area contributed by atoms with Gasteiger partial charge in [0.05, 0.1) is 5.56 Å². The Balaban J connectivity index is 1.78. The standard InChI is InChI=1S/C18H21NO3/c1-13-5-3-4-6-17(13)22-14(2)11-19-12-15-7-9-16(10-8-15)18(20)21/h3-10,14,19H,11-12H2,1-2H3,(H,20,21). The van der Waals surface area contributed by atoms with Crippen molar-refractivity contribution in [1.29, 1.82) is 0 Å². The highest BCUT2D eigenvalue weighted by atomic mass is 16.5. The highest BCUT2D eigenvalue weighted by Crippen LogP contribution is 2.17. The molecule has 0 radical (unpaired) electrons. The first-order valence-corrected chi connectivity index (χ1v) is 7.31. The molecule has 22 heavy (non-hydrogen) atoms. The molecule has 0 saturated carbocycles. The molecular formula is C18H21NO3. The Labute approximate surface area is 130 Å². The van der Waals surface area contributed by atoms with E-state index in [2.05, 4.69) is 5.32 Å². The van der Waals surface area contributed by atoms with Crippen molar-refractivity contribution in [2.24, 2.45) is 0 Å². The van der Waals surface area contributed by atoms with E-state index >= 15 is 0 Å². The number of carbonyl (C=O) groups is 1. The van der Waals surface area contributed by atoms with Crippen LogP contribution in [-0.4, -0.2) is 23.7 Å². The third-order valence-electron chi connectivity index (χ3n) is 3.38. The van der Waals surface area contributed by atoms with Crippen molar-refractivity contribution in [2.45, 2.75) is 26.5 Å². The molecule has 2 aromatic rings. The second-order valence-electron chi connectivity index (χ2n) is 5.33. The Bertz CT molecular complexity index is 622. The highest BCUT2D eigenvalue weighted by molar-refractivity contribution is 5.87. The second-order valence-corrected chi connectivity index (χ2v) is 5.33. The van der Waals surface area contributed by atoms with Crippen LogP contribution in [0.4, 0.5) is 0 Å². The fourth-order valence-corrected chi connectivity index (χ4v) is 2.13. The molecule has 0 fully saturated rings. The maximum atomic E-state index is 10.8. The number of carboxylic acids is 1. The monoisotopic (exact) mass is 299 g/mol. The van der Waals surface area contributed by atoms with Crippen LogP contribution in [0.3, 0.4) is 0 Å². The number of ether oxygens (including phenoxy) is 1. The van der Waals surface area contributed by atoms with Crippen molar-refractivity contribution in [3.8, 4) is 5.75 Å². The Morgan fingerprint density at radius 2 is 1.86 bits per heavy atom. The van der Waals surface area contributed by atoms with Crippen molar-refractivity contribution < 1.29 is 14.6 Å².